The topological polar surface area (TPSA) is 61.2 Å². The molecule has 0 aliphatic rings. The van der Waals surface area contributed by atoms with Crippen LogP contribution in [0.4, 0.5) is 0 Å². The summed E-state index contributed by atoms with van der Waals surface area (Å²) in [5.41, 5.74) is 3.55. The van der Waals surface area contributed by atoms with Gasteiger partial charge in [0.25, 0.3) is 0 Å². The molecule has 0 bridgehead atoms. The zero-order chi connectivity index (χ0) is 22.2. The normalized spacial score (nSPS) is 11.3. The molecule has 6 heteroatoms. The number of hydrogen-bond acceptors (Lipinski definition) is 4. The molecule has 32 heavy (non-hydrogen) atoms. The van der Waals surface area contributed by atoms with Crippen LogP contribution in [0.2, 0.25) is 5.02 Å². The molecule has 158 valence electrons. The molecular weight excluding hydrogens is 424 g/mol. The summed E-state index contributed by atoms with van der Waals surface area (Å²) in [6.07, 6.45) is 0. The van der Waals surface area contributed by atoms with E-state index in [2.05, 4.69) is 4.98 Å². The molecule has 0 fully saturated rings. The Hall–Kier alpha value is -3.70. The van der Waals surface area contributed by atoms with Gasteiger partial charge in [-0.25, -0.2) is 4.98 Å². The van der Waals surface area contributed by atoms with Gasteiger partial charge in [0.15, 0.2) is 5.43 Å². The number of ether oxygens (including phenoxy) is 1. The second kappa shape index (κ2) is 8.09. The Balaban J connectivity index is 1.48. The van der Waals surface area contributed by atoms with Crippen LogP contribution >= 0.6 is 11.6 Å². The van der Waals surface area contributed by atoms with Crippen molar-refractivity contribution in [2.24, 2.45) is 0 Å². The van der Waals surface area contributed by atoms with E-state index in [9.17, 15) is 9.59 Å². The van der Waals surface area contributed by atoms with Gasteiger partial charge in [0.1, 0.15) is 13.2 Å². The Morgan fingerprint density at radius 3 is 2.12 bits per heavy atom. The standard InChI is InChI=1S/C26H19ClN2O3/c1-16-17-8-2-5-11-20(17)28-21(25(16)27)15-32-24(30)14-29-22-12-6-3-9-18(22)26(31)19-10-4-7-13-23(19)29/h2-13H,14-15H2,1H3. The fourth-order valence-corrected chi connectivity index (χ4v) is 4.28. The number of pyridine rings is 2. The Bertz CT molecular complexity index is 1510. The molecule has 0 unspecified atom stereocenters. The SMILES string of the molecule is Cc1c(Cl)c(COC(=O)Cn2c3ccccc3c(=O)c3ccccc32)nc2ccccc12. The van der Waals surface area contributed by atoms with Gasteiger partial charge in [-0.05, 0) is 42.8 Å². The zero-order valence-electron chi connectivity index (χ0n) is 17.3. The number of aromatic nitrogens is 2. The van der Waals surface area contributed by atoms with E-state index < -0.39 is 5.97 Å². The molecule has 3 aromatic carbocycles. The third-order valence-corrected chi connectivity index (χ3v) is 6.18. The average Bonchev–Trinajstić information content (AvgIpc) is 2.83. The maximum Gasteiger partial charge on any atom is 0.326 e. The van der Waals surface area contributed by atoms with E-state index in [1.807, 2.05) is 72.2 Å². The number of para-hydroxylation sites is 3. The molecule has 0 saturated heterocycles. The van der Waals surface area contributed by atoms with Crippen molar-refractivity contribution in [1.29, 1.82) is 0 Å². The molecular formula is C26H19ClN2O3. The average molecular weight is 443 g/mol. The highest BCUT2D eigenvalue weighted by Gasteiger charge is 2.16. The summed E-state index contributed by atoms with van der Waals surface area (Å²) in [7, 11) is 0. The van der Waals surface area contributed by atoms with E-state index in [0.29, 0.717) is 32.5 Å². The van der Waals surface area contributed by atoms with Gasteiger partial charge in [-0.3, -0.25) is 9.59 Å². The molecule has 0 atom stereocenters. The number of carbonyl (C=O) groups is 1. The van der Waals surface area contributed by atoms with Crippen LogP contribution in [0, 0.1) is 6.92 Å². The minimum absolute atomic E-state index is 0.0284. The first-order valence-corrected chi connectivity index (χ1v) is 10.6. The van der Waals surface area contributed by atoms with Crippen LogP contribution in [-0.4, -0.2) is 15.5 Å². The highest BCUT2D eigenvalue weighted by molar-refractivity contribution is 6.32. The van der Waals surface area contributed by atoms with E-state index in [0.717, 1.165) is 16.5 Å². The minimum Gasteiger partial charge on any atom is -0.458 e. The second-order valence-electron chi connectivity index (χ2n) is 7.62. The van der Waals surface area contributed by atoms with Gasteiger partial charge in [0.05, 0.1) is 27.3 Å². The number of esters is 1. The smallest absolute Gasteiger partial charge is 0.326 e. The van der Waals surface area contributed by atoms with E-state index in [1.54, 1.807) is 12.1 Å². The summed E-state index contributed by atoms with van der Waals surface area (Å²) in [6, 6.07) is 22.3. The van der Waals surface area contributed by atoms with Gasteiger partial charge in [0, 0.05) is 16.2 Å². The number of hydrogen-bond donors (Lipinski definition) is 0. The van der Waals surface area contributed by atoms with Gasteiger partial charge < -0.3 is 9.30 Å². The predicted molar refractivity (Wildman–Crippen MR) is 127 cm³/mol. The number of nitrogens with zero attached hydrogens (tertiary/aromatic N) is 2. The van der Waals surface area contributed by atoms with Crippen molar-refractivity contribution in [3.63, 3.8) is 0 Å². The largest absolute Gasteiger partial charge is 0.458 e. The summed E-state index contributed by atoms with van der Waals surface area (Å²) < 4.78 is 7.37. The van der Waals surface area contributed by atoms with Gasteiger partial charge in [-0.15, -0.1) is 0 Å². The Kier molecular flexibility index (Phi) is 5.11. The van der Waals surface area contributed by atoms with Crippen molar-refractivity contribution < 1.29 is 9.53 Å². The first-order valence-electron chi connectivity index (χ1n) is 10.2. The summed E-state index contributed by atoms with van der Waals surface area (Å²) in [5, 5.41) is 2.59. The lowest BCUT2D eigenvalue weighted by atomic mass is 10.1. The maximum atomic E-state index is 12.9. The Labute approximate surface area is 188 Å². The minimum atomic E-state index is -0.437. The quantitative estimate of drug-likeness (QED) is 0.276. The predicted octanol–water partition coefficient (Wildman–Crippen LogP) is 5.41. The third kappa shape index (κ3) is 3.41. The molecule has 0 radical (unpaired) electrons. The van der Waals surface area contributed by atoms with Crippen molar-refractivity contribution >= 4 is 50.3 Å². The first-order chi connectivity index (χ1) is 15.5. The van der Waals surface area contributed by atoms with E-state index in [-0.39, 0.29) is 18.6 Å². The van der Waals surface area contributed by atoms with Crippen molar-refractivity contribution in [2.75, 3.05) is 0 Å². The highest BCUT2D eigenvalue weighted by Crippen LogP contribution is 2.27. The van der Waals surface area contributed by atoms with Gasteiger partial charge in [-0.1, -0.05) is 54.1 Å². The number of fused-ring (bicyclic) bond motifs is 3. The van der Waals surface area contributed by atoms with E-state index >= 15 is 0 Å². The van der Waals surface area contributed by atoms with Crippen LogP contribution in [0.15, 0.2) is 77.6 Å². The molecule has 5 rings (SSSR count). The van der Waals surface area contributed by atoms with Crippen LogP contribution in [0.3, 0.4) is 0 Å². The number of benzene rings is 3. The summed E-state index contributed by atoms with van der Waals surface area (Å²) >= 11 is 6.50. The van der Waals surface area contributed by atoms with Crippen molar-refractivity contribution in [1.82, 2.24) is 9.55 Å². The lowest BCUT2D eigenvalue weighted by Crippen LogP contribution is -2.18. The summed E-state index contributed by atoms with van der Waals surface area (Å²) in [4.78, 5) is 30.3. The molecule has 0 saturated carbocycles. The van der Waals surface area contributed by atoms with E-state index in [4.69, 9.17) is 16.3 Å². The lowest BCUT2D eigenvalue weighted by Gasteiger charge is -2.15. The Morgan fingerprint density at radius 1 is 0.906 bits per heavy atom. The first kappa shape index (κ1) is 20.2. The number of carbonyl (C=O) groups excluding carboxylic acids is 1. The molecule has 5 aromatic rings. The van der Waals surface area contributed by atoms with Crippen LogP contribution in [0.1, 0.15) is 11.3 Å². The van der Waals surface area contributed by atoms with E-state index in [1.165, 1.54) is 0 Å². The number of aryl methyl sites for hydroxylation is 1. The fraction of sp³-hybridized carbons (Fsp3) is 0.115. The van der Waals surface area contributed by atoms with Gasteiger partial charge >= 0.3 is 5.97 Å². The van der Waals surface area contributed by atoms with Crippen molar-refractivity contribution in [2.45, 2.75) is 20.1 Å². The molecule has 0 spiro atoms. The third-order valence-electron chi connectivity index (χ3n) is 5.68. The second-order valence-corrected chi connectivity index (χ2v) is 8.00. The molecule has 0 aliphatic heterocycles. The molecule has 0 amide bonds. The van der Waals surface area contributed by atoms with Crippen molar-refractivity contribution in [3.8, 4) is 0 Å². The number of halogens is 1. The summed E-state index contributed by atoms with van der Waals surface area (Å²) in [5.74, 6) is -0.437. The Morgan fingerprint density at radius 2 is 1.47 bits per heavy atom. The maximum absolute atomic E-state index is 12.9. The molecule has 0 aliphatic carbocycles. The van der Waals surface area contributed by atoms with Crippen LogP contribution in [0.25, 0.3) is 32.7 Å². The number of rotatable bonds is 4. The monoisotopic (exact) mass is 442 g/mol. The van der Waals surface area contributed by atoms with Crippen molar-refractivity contribution in [3.05, 3.63) is 99.3 Å². The summed E-state index contributed by atoms with van der Waals surface area (Å²) in [6.45, 7) is 1.86. The fourth-order valence-electron chi connectivity index (χ4n) is 4.08. The molecule has 0 N–H and O–H groups in total. The lowest BCUT2D eigenvalue weighted by molar-refractivity contribution is -0.145. The molecule has 2 heterocycles. The molecule has 2 aromatic heterocycles. The van der Waals surface area contributed by atoms with Crippen LogP contribution in [-0.2, 0) is 22.7 Å². The highest BCUT2D eigenvalue weighted by atomic mass is 35.5. The zero-order valence-corrected chi connectivity index (χ0v) is 18.1. The van der Waals surface area contributed by atoms with Gasteiger partial charge in [-0.2, -0.15) is 0 Å². The van der Waals surface area contributed by atoms with Crippen LogP contribution in [0.5, 0.6) is 0 Å². The van der Waals surface area contributed by atoms with Crippen LogP contribution < -0.4 is 5.43 Å². The molecule has 5 nitrogen and oxygen atoms in total. The van der Waals surface area contributed by atoms with Gasteiger partial charge in [0.2, 0.25) is 0 Å².